The Bertz CT molecular complexity index is 929. The molecule has 0 radical (unpaired) electrons. The summed E-state index contributed by atoms with van der Waals surface area (Å²) in [6, 6.07) is 8.17. The molecule has 0 saturated heterocycles. The summed E-state index contributed by atoms with van der Waals surface area (Å²) >= 11 is 0. The van der Waals surface area contributed by atoms with Crippen LogP contribution >= 0.6 is 0 Å². The van der Waals surface area contributed by atoms with E-state index < -0.39 is 29.1 Å². The zero-order valence-electron chi connectivity index (χ0n) is 11.9. The molecule has 8 heteroatoms. The van der Waals surface area contributed by atoms with Gasteiger partial charge in [-0.3, -0.25) is 9.59 Å². The summed E-state index contributed by atoms with van der Waals surface area (Å²) in [5.74, 6) is -1.51. The minimum absolute atomic E-state index is 0.0259. The van der Waals surface area contributed by atoms with Crippen molar-refractivity contribution in [3.63, 3.8) is 0 Å². The van der Waals surface area contributed by atoms with Crippen LogP contribution < -0.4 is 10.6 Å². The molecule has 3 rings (SSSR count). The second-order valence-electron chi connectivity index (χ2n) is 5.09. The molecule has 2 N–H and O–H groups in total. The number of hydrogen-bond donors (Lipinski definition) is 1. The number of nitrogens with zero attached hydrogens (tertiary/aromatic N) is 2. The summed E-state index contributed by atoms with van der Waals surface area (Å²) in [6.45, 7) is 0. The third-order valence-corrected chi connectivity index (χ3v) is 3.60. The minimum Gasteiger partial charge on any atom is -0.399 e. The Morgan fingerprint density at radius 1 is 1.00 bits per heavy atom. The average molecular weight is 331 g/mol. The molecule has 0 aromatic heterocycles. The number of rotatable bonds is 1. The van der Waals surface area contributed by atoms with Gasteiger partial charge in [-0.05, 0) is 36.4 Å². The fourth-order valence-electron chi connectivity index (χ4n) is 2.50. The van der Waals surface area contributed by atoms with Crippen molar-refractivity contribution in [1.29, 1.82) is 5.26 Å². The monoisotopic (exact) mass is 331 g/mol. The molecule has 120 valence electrons. The van der Waals surface area contributed by atoms with E-state index in [2.05, 4.69) is 0 Å². The van der Waals surface area contributed by atoms with E-state index in [0.717, 1.165) is 12.1 Å². The van der Waals surface area contributed by atoms with Gasteiger partial charge in [0.25, 0.3) is 11.8 Å². The Hall–Kier alpha value is -3.34. The fourth-order valence-corrected chi connectivity index (χ4v) is 2.50. The predicted octanol–water partition coefficient (Wildman–Crippen LogP) is 2.96. The number of amides is 2. The van der Waals surface area contributed by atoms with Crippen LogP contribution in [0.3, 0.4) is 0 Å². The van der Waals surface area contributed by atoms with Crippen LogP contribution in [0.15, 0.2) is 36.4 Å². The SMILES string of the molecule is N#Cc1ccc(N2C(=O)c3ccc(N)cc3C2=O)cc1C(F)(F)F. The summed E-state index contributed by atoms with van der Waals surface area (Å²) in [7, 11) is 0. The Kier molecular flexibility index (Phi) is 3.30. The van der Waals surface area contributed by atoms with E-state index in [0.29, 0.717) is 11.0 Å². The molecular weight excluding hydrogens is 323 g/mol. The van der Waals surface area contributed by atoms with Crippen molar-refractivity contribution in [2.45, 2.75) is 6.18 Å². The Morgan fingerprint density at radius 2 is 1.67 bits per heavy atom. The molecule has 0 unspecified atom stereocenters. The van der Waals surface area contributed by atoms with Gasteiger partial charge in [-0.25, -0.2) is 4.90 Å². The number of halogens is 3. The molecule has 0 fully saturated rings. The second kappa shape index (κ2) is 5.09. The summed E-state index contributed by atoms with van der Waals surface area (Å²) < 4.78 is 39.2. The van der Waals surface area contributed by atoms with Gasteiger partial charge >= 0.3 is 6.18 Å². The summed E-state index contributed by atoms with van der Waals surface area (Å²) in [5.41, 5.74) is 3.86. The van der Waals surface area contributed by atoms with Crippen molar-refractivity contribution in [3.8, 4) is 6.07 Å². The Balaban J connectivity index is 2.13. The number of carbonyl (C=O) groups is 2. The molecule has 2 aromatic carbocycles. The van der Waals surface area contributed by atoms with Crippen molar-refractivity contribution in [3.05, 3.63) is 58.7 Å². The van der Waals surface area contributed by atoms with Crippen LogP contribution in [0.5, 0.6) is 0 Å². The van der Waals surface area contributed by atoms with Crippen LogP contribution in [-0.4, -0.2) is 11.8 Å². The van der Waals surface area contributed by atoms with Gasteiger partial charge in [-0.2, -0.15) is 18.4 Å². The number of hydrogen-bond acceptors (Lipinski definition) is 4. The molecule has 0 atom stereocenters. The molecule has 0 bridgehead atoms. The lowest BCUT2D eigenvalue weighted by Crippen LogP contribution is -2.29. The quantitative estimate of drug-likeness (QED) is 0.643. The first-order chi connectivity index (χ1) is 11.2. The van der Waals surface area contributed by atoms with E-state index >= 15 is 0 Å². The standard InChI is InChI=1S/C16H8F3N3O2/c17-16(18,19)13-6-10(3-1-8(13)7-20)22-14(23)11-4-2-9(21)5-12(11)15(22)24/h1-6H,21H2. The van der Waals surface area contributed by atoms with E-state index in [-0.39, 0.29) is 22.5 Å². The number of imide groups is 1. The number of benzene rings is 2. The molecule has 5 nitrogen and oxygen atoms in total. The molecule has 0 spiro atoms. The number of nitrogens with two attached hydrogens (primary N) is 1. The number of anilines is 2. The highest BCUT2D eigenvalue weighted by Crippen LogP contribution is 2.36. The first kappa shape index (κ1) is 15.6. The lowest BCUT2D eigenvalue weighted by Gasteiger charge is -2.17. The zero-order chi connectivity index (χ0) is 17.6. The average Bonchev–Trinajstić information content (AvgIpc) is 2.77. The van der Waals surface area contributed by atoms with Crippen molar-refractivity contribution in [1.82, 2.24) is 0 Å². The minimum atomic E-state index is -4.79. The molecule has 1 aliphatic rings. The van der Waals surface area contributed by atoms with Gasteiger partial charge in [0.05, 0.1) is 34.0 Å². The topological polar surface area (TPSA) is 87.2 Å². The maximum absolute atomic E-state index is 13.1. The Labute approximate surface area is 133 Å². The van der Waals surface area contributed by atoms with Crippen LogP contribution in [0.2, 0.25) is 0 Å². The van der Waals surface area contributed by atoms with Crippen molar-refractivity contribution >= 4 is 23.2 Å². The van der Waals surface area contributed by atoms with Gasteiger partial charge in [0.15, 0.2) is 0 Å². The van der Waals surface area contributed by atoms with Gasteiger partial charge < -0.3 is 5.73 Å². The molecular formula is C16H8F3N3O2. The Morgan fingerprint density at radius 3 is 2.29 bits per heavy atom. The molecule has 0 aliphatic carbocycles. The highest BCUT2D eigenvalue weighted by Gasteiger charge is 2.39. The lowest BCUT2D eigenvalue weighted by atomic mass is 10.1. The van der Waals surface area contributed by atoms with Gasteiger partial charge in [-0.15, -0.1) is 0 Å². The summed E-state index contributed by atoms with van der Waals surface area (Å²) in [6.07, 6.45) is -4.79. The summed E-state index contributed by atoms with van der Waals surface area (Å²) in [4.78, 5) is 25.4. The number of nitriles is 1. The predicted molar refractivity (Wildman–Crippen MR) is 78.2 cm³/mol. The van der Waals surface area contributed by atoms with Crippen LogP contribution in [0.1, 0.15) is 31.8 Å². The van der Waals surface area contributed by atoms with E-state index in [9.17, 15) is 22.8 Å². The first-order valence-electron chi connectivity index (χ1n) is 6.63. The smallest absolute Gasteiger partial charge is 0.399 e. The molecule has 0 saturated carbocycles. The van der Waals surface area contributed by atoms with Gasteiger partial charge in [0, 0.05) is 5.69 Å². The third-order valence-electron chi connectivity index (χ3n) is 3.60. The number of fused-ring (bicyclic) bond motifs is 1. The second-order valence-corrected chi connectivity index (χ2v) is 5.09. The number of alkyl halides is 3. The van der Waals surface area contributed by atoms with Gasteiger partial charge in [0.2, 0.25) is 0 Å². The lowest BCUT2D eigenvalue weighted by molar-refractivity contribution is -0.137. The van der Waals surface area contributed by atoms with Crippen LogP contribution in [0.4, 0.5) is 24.5 Å². The molecule has 2 amide bonds. The largest absolute Gasteiger partial charge is 0.417 e. The van der Waals surface area contributed by atoms with E-state index in [1.54, 1.807) is 0 Å². The normalized spacial score (nSPS) is 13.8. The van der Waals surface area contributed by atoms with Crippen molar-refractivity contribution in [2.75, 3.05) is 10.6 Å². The van der Waals surface area contributed by atoms with Gasteiger partial charge in [-0.1, -0.05) is 0 Å². The third kappa shape index (κ3) is 2.27. The highest BCUT2D eigenvalue weighted by molar-refractivity contribution is 6.34. The maximum Gasteiger partial charge on any atom is 0.417 e. The van der Waals surface area contributed by atoms with Crippen LogP contribution in [-0.2, 0) is 6.18 Å². The molecule has 2 aromatic rings. The van der Waals surface area contributed by atoms with E-state index in [1.165, 1.54) is 24.3 Å². The van der Waals surface area contributed by atoms with Crippen LogP contribution in [0.25, 0.3) is 0 Å². The van der Waals surface area contributed by atoms with Gasteiger partial charge in [0.1, 0.15) is 0 Å². The molecule has 1 heterocycles. The highest BCUT2D eigenvalue weighted by atomic mass is 19.4. The van der Waals surface area contributed by atoms with Crippen molar-refractivity contribution < 1.29 is 22.8 Å². The summed E-state index contributed by atoms with van der Waals surface area (Å²) in [5, 5.41) is 8.80. The van der Waals surface area contributed by atoms with E-state index in [4.69, 9.17) is 11.0 Å². The fraction of sp³-hybridized carbons (Fsp3) is 0.0625. The number of carbonyl (C=O) groups excluding carboxylic acids is 2. The van der Waals surface area contributed by atoms with Crippen molar-refractivity contribution in [2.24, 2.45) is 0 Å². The molecule has 24 heavy (non-hydrogen) atoms. The first-order valence-corrected chi connectivity index (χ1v) is 6.63. The van der Waals surface area contributed by atoms with E-state index in [1.807, 2.05) is 0 Å². The number of nitrogen functional groups attached to an aromatic ring is 1. The molecule has 1 aliphatic heterocycles. The maximum atomic E-state index is 13.1. The van der Waals surface area contributed by atoms with Crippen LogP contribution in [0, 0.1) is 11.3 Å². The zero-order valence-corrected chi connectivity index (χ0v) is 11.9.